The number of hydrogen-bond acceptors (Lipinski definition) is 3. The number of hydrogen-bond donors (Lipinski definition) is 0. The van der Waals surface area contributed by atoms with Gasteiger partial charge in [-0.15, -0.1) is 0 Å². The Morgan fingerprint density at radius 2 is 1.83 bits per heavy atom. The SMILES string of the molecule is O=C(OCOCc1ccccc1)N1CCCCC1. The van der Waals surface area contributed by atoms with Crippen LogP contribution in [0.2, 0.25) is 0 Å². The molecule has 0 aliphatic carbocycles. The Morgan fingerprint density at radius 1 is 1.11 bits per heavy atom. The van der Waals surface area contributed by atoms with Crippen molar-refractivity contribution in [1.29, 1.82) is 0 Å². The highest BCUT2D eigenvalue weighted by molar-refractivity contribution is 5.67. The van der Waals surface area contributed by atoms with Crippen LogP contribution in [0.25, 0.3) is 0 Å². The van der Waals surface area contributed by atoms with Gasteiger partial charge in [-0.2, -0.15) is 0 Å². The number of rotatable bonds is 4. The molecular weight excluding hydrogens is 230 g/mol. The van der Waals surface area contributed by atoms with Crippen LogP contribution >= 0.6 is 0 Å². The van der Waals surface area contributed by atoms with E-state index < -0.39 is 0 Å². The van der Waals surface area contributed by atoms with Crippen molar-refractivity contribution in [1.82, 2.24) is 4.90 Å². The second kappa shape index (κ2) is 7.01. The first-order valence-electron chi connectivity index (χ1n) is 6.39. The predicted molar refractivity (Wildman–Crippen MR) is 68.0 cm³/mol. The molecule has 1 saturated heterocycles. The number of carbonyl (C=O) groups excluding carboxylic acids is 1. The molecule has 1 aliphatic rings. The summed E-state index contributed by atoms with van der Waals surface area (Å²) in [6, 6.07) is 9.83. The Bertz CT molecular complexity index is 361. The number of carbonyl (C=O) groups is 1. The molecule has 1 heterocycles. The minimum atomic E-state index is -0.261. The van der Waals surface area contributed by atoms with Crippen LogP contribution in [0.5, 0.6) is 0 Å². The lowest BCUT2D eigenvalue weighted by Gasteiger charge is -2.25. The van der Waals surface area contributed by atoms with Crippen LogP contribution in [-0.2, 0) is 16.1 Å². The highest BCUT2D eigenvalue weighted by atomic mass is 16.7. The van der Waals surface area contributed by atoms with Gasteiger partial charge in [-0.05, 0) is 24.8 Å². The maximum atomic E-state index is 11.6. The molecule has 4 heteroatoms. The highest BCUT2D eigenvalue weighted by Crippen LogP contribution is 2.09. The van der Waals surface area contributed by atoms with Crippen molar-refractivity contribution >= 4 is 6.09 Å². The number of benzene rings is 1. The summed E-state index contributed by atoms with van der Waals surface area (Å²) in [4.78, 5) is 13.4. The molecule has 1 aromatic carbocycles. The maximum absolute atomic E-state index is 11.6. The molecule has 0 saturated carbocycles. The van der Waals surface area contributed by atoms with Crippen LogP contribution in [0.4, 0.5) is 4.79 Å². The van der Waals surface area contributed by atoms with Crippen molar-refractivity contribution in [2.45, 2.75) is 25.9 Å². The van der Waals surface area contributed by atoms with Gasteiger partial charge in [0.2, 0.25) is 0 Å². The quantitative estimate of drug-likeness (QED) is 0.608. The fourth-order valence-electron chi connectivity index (χ4n) is 1.99. The third kappa shape index (κ3) is 4.04. The Labute approximate surface area is 107 Å². The van der Waals surface area contributed by atoms with E-state index in [1.807, 2.05) is 30.3 Å². The van der Waals surface area contributed by atoms with Crippen molar-refractivity contribution in [2.75, 3.05) is 19.9 Å². The molecular formula is C14H19NO3. The van der Waals surface area contributed by atoms with E-state index in [-0.39, 0.29) is 12.9 Å². The van der Waals surface area contributed by atoms with Crippen molar-refractivity contribution in [3.05, 3.63) is 35.9 Å². The molecule has 98 valence electrons. The first-order valence-corrected chi connectivity index (χ1v) is 6.39. The Morgan fingerprint density at radius 3 is 2.56 bits per heavy atom. The molecule has 1 amide bonds. The minimum absolute atomic E-state index is 0.0181. The van der Waals surface area contributed by atoms with Crippen molar-refractivity contribution in [3.8, 4) is 0 Å². The molecule has 18 heavy (non-hydrogen) atoms. The number of ether oxygens (including phenoxy) is 2. The molecule has 0 atom stereocenters. The summed E-state index contributed by atoms with van der Waals surface area (Å²) in [6.07, 6.45) is 3.08. The van der Waals surface area contributed by atoms with Gasteiger partial charge in [-0.25, -0.2) is 4.79 Å². The molecule has 4 nitrogen and oxygen atoms in total. The van der Waals surface area contributed by atoms with E-state index in [1.54, 1.807) is 4.90 Å². The van der Waals surface area contributed by atoms with Crippen LogP contribution in [-0.4, -0.2) is 30.9 Å². The minimum Gasteiger partial charge on any atom is -0.422 e. The summed E-state index contributed by atoms with van der Waals surface area (Å²) in [5.74, 6) is 0. The van der Waals surface area contributed by atoms with Crippen LogP contribution < -0.4 is 0 Å². The smallest absolute Gasteiger partial charge is 0.411 e. The topological polar surface area (TPSA) is 38.8 Å². The molecule has 0 spiro atoms. The van der Waals surface area contributed by atoms with E-state index in [0.29, 0.717) is 6.61 Å². The fraction of sp³-hybridized carbons (Fsp3) is 0.500. The summed E-state index contributed by atoms with van der Waals surface area (Å²) < 4.78 is 10.4. The molecule has 1 fully saturated rings. The van der Waals surface area contributed by atoms with E-state index in [2.05, 4.69) is 0 Å². The van der Waals surface area contributed by atoms with Gasteiger partial charge < -0.3 is 14.4 Å². The molecule has 1 aliphatic heterocycles. The Kier molecular flexibility index (Phi) is 5.02. The maximum Gasteiger partial charge on any atom is 0.411 e. The normalized spacial score (nSPS) is 15.4. The van der Waals surface area contributed by atoms with Gasteiger partial charge in [0.25, 0.3) is 0 Å². The average Bonchev–Trinajstić information content (AvgIpc) is 2.45. The Hall–Kier alpha value is -1.55. The molecule has 0 unspecified atom stereocenters. The summed E-state index contributed by atoms with van der Waals surface area (Å²) in [5, 5.41) is 0. The first kappa shape index (κ1) is 12.9. The van der Waals surface area contributed by atoms with Crippen molar-refractivity contribution in [3.63, 3.8) is 0 Å². The van der Waals surface area contributed by atoms with Crippen LogP contribution in [0, 0.1) is 0 Å². The standard InChI is InChI=1S/C14H19NO3/c16-14(15-9-5-2-6-10-15)18-12-17-11-13-7-3-1-4-8-13/h1,3-4,7-8H,2,5-6,9-12H2. The zero-order chi connectivity index (χ0) is 12.6. The van der Waals surface area contributed by atoms with E-state index in [1.165, 1.54) is 6.42 Å². The average molecular weight is 249 g/mol. The monoisotopic (exact) mass is 249 g/mol. The zero-order valence-corrected chi connectivity index (χ0v) is 10.5. The highest BCUT2D eigenvalue weighted by Gasteiger charge is 2.17. The van der Waals surface area contributed by atoms with Gasteiger partial charge in [0.05, 0.1) is 6.61 Å². The van der Waals surface area contributed by atoms with Crippen molar-refractivity contribution in [2.24, 2.45) is 0 Å². The van der Waals surface area contributed by atoms with E-state index in [0.717, 1.165) is 31.5 Å². The van der Waals surface area contributed by atoms with E-state index in [4.69, 9.17) is 9.47 Å². The van der Waals surface area contributed by atoms with Gasteiger partial charge in [0.1, 0.15) is 0 Å². The second-order valence-corrected chi connectivity index (χ2v) is 4.41. The number of amides is 1. The number of nitrogens with zero attached hydrogens (tertiary/aromatic N) is 1. The predicted octanol–water partition coefficient (Wildman–Crippen LogP) is 2.78. The van der Waals surface area contributed by atoms with Gasteiger partial charge >= 0.3 is 6.09 Å². The van der Waals surface area contributed by atoms with Crippen LogP contribution in [0.15, 0.2) is 30.3 Å². The van der Waals surface area contributed by atoms with E-state index in [9.17, 15) is 4.79 Å². The number of piperidine rings is 1. The summed E-state index contributed by atoms with van der Waals surface area (Å²) in [7, 11) is 0. The Balaban J connectivity index is 1.61. The summed E-state index contributed by atoms with van der Waals surface area (Å²) >= 11 is 0. The molecule has 1 aromatic rings. The lowest BCUT2D eigenvalue weighted by Crippen LogP contribution is -2.36. The number of likely N-dealkylation sites (tertiary alicyclic amines) is 1. The van der Waals surface area contributed by atoms with Crippen molar-refractivity contribution < 1.29 is 14.3 Å². The lowest BCUT2D eigenvalue weighted by atomic mass is 10.1. The van der Waals surface area contributed by atoms with Gasteiger partial charge in [0, 0.05) is 13.1 Å². The van der Waals surface area contributed by atoms with Gasteiger partial charge in [0.15, 0.2) is 6.79 Å². The molecule has 0 bridgehead atoms. The molecule has 0 aromatic heterocycles. The second-order valence-electron chi connectivity index (χ2n) is 4.41. The molecule has 0 radical (unpaired) electrons. The third-order valence-corrected chi connectivity index (χ3v) is 2.99. The van der Waals surface area contributed by atoms with Crippen LogP contribution in [0.3, 0.4) is 0 Å². The van der Waals surface area contributed by atoms with E-state index >= 15 is 0 Å². The zero-order valence-electron chi connectivity index (χ0n) is 10.5. The van der Waals surface area contributed by atoms with Gasteiger partial charge in [-0.3, -0.25) is 0 Å². The lowest BCUT2D eigenvalue weighted by molar-refractivity contribution is -0.0365. The third-order valence-electron chi connectivity index (χ3n) is 2.99. The fourth-order valence-corrected chi connectivity index (χ4v) is 1.99. The van der Waals surface area contributed by atoms with Gasteiger partial charge in [-0.1, -0.05) is 30.3 Å². The van der Waals surface area contributed by atoms with Crippen LogP contribution in [0.1, 0.15) is 24.8 Å². The summed E-state index contributed by atoms with van der Waals surface area (Å²) in [6.45, 7) is 2.09. The first-order chi connectivity index (χ1) is 8.86. The summed E-state index contributed by atoms with van der Waals surface area (Å²) in [5.41, 5.74) is 1.08. The molecule has 2 rings (SSSR count). The molecule has 0 N–H and O–H groups in total. The largest absolute Gasteiger partial charge is 0.422 e.